The Labute approximate surface area is 200 Å². The molecule has 34 heavy (non-hydrogen) atoms. The lowest BCUT2D eigenvalue weighted by atomic mass is 10.1. The first-order valence-corrected chi connectivity index (χ1v) is 10.4. The first-order valence-electron chi connectivity index (χ1n) is 9.64. The molecule has 1 heterocycles. The Morgan fingerprint density at radius 3 is 2.50 bits per heavy atom. The van der Waals surface area contributed by atoms with Gasteiger partial charge in [-0.25, -0.2) is 0 Å². The summed E-state index contributed by atoms with van der Waals surface area (Å²) in [6.07, 6.45) is -4.85. The largest absolute Gasteiger partial charge is 0.455 e. The number of esters is 1. The molecule has 3 amide bonds. The second-order valence-electron chi connectivity index (χ2n) is 7.21. The zero-order valence-corrected chi connectivity index (χ0v) is 18.6. The number of carbonyl (C=O) groups excluding carboxylic acids is 4. The van der Waals surface area contributed by atoms with E-state index < -0.39 is 48.0 Å². The molecule has 0 saturated carbocycles. The van der Waals surface area contributed by atoms with Crippen LogP contribution >= 0.6 is 23.2 Å². The zero-order chi connectivity index (χ0) is 25.0. The van der Waals surface area contributed by atoms with Crippen molar-refractivity contribution < 1.29 is 37.1 Å². The number of nitrogens with zero attached hydrogens (tertiary/aromatic N) is 1. The second kappa shape index (κ2) is 10.3. The maximum absolute atomic E-state index is 12.8. The molecule has 1 aliphatic rings. The van der Waals surface area contributed by atoms with Crippen LogP contribution in [0.25, 0.3) is 0 Å². The molecule has 0 bridgehead atoms. The number of nitrogens with one attached hydrogen (secondary N) is 2. The quantitative estimate of drug-likeness (QED) is 0.568. The van der Waals surface area contributed by atoms with Gasteiger partial charge in [0.05, 0.1) is 28.1 Å². The van der Waals surface area contributed by atoms with E-state index in [2.05, 4.69) is 10.7 Å². The molecule has 2 N–H and O–H groups in total. The highest BCUT2D eigenvalue weighted by Crippen LogP contribution is 2.30. The third-order valence-corrected chi connectivity index (χ3v) is 5.43. The minimum absolute atomic E-state index is 0.122. The van der Waals surface area contributed by atoms with Crippen molar-refractivity contribution >= 4 is 52.6 Å². The zero-order valence-electron chi connectivity index (χ0n) is 17.1. The van der Waals surface area contributed by atoms with Crippen LogP contribution in [0.4, 0.5) is 18.9 Å². The molecule has 0 aromatic heterocycles. The number of hydrogen-bond donors (Lipinski definition) is 2. The van der Waals surface area contributed by atoms with Gasteiger partial charge in [0.2, 0.25) is 5.91 Å². The van der Waals surface area contributed by atoms with E-state index >= 15 is 0 Å². The van der Waals surface area contributed by atoms with E-state index in [1.807, 2.05) is 0 Å². The average Bonchev–Trinajstić information content (AvgIpc) is 3.13. The van der Waals surface area contributed by atoms with Crippen molar-refractivity contribution in [1.29, 1.82) is 0 Å². The Hall–Kier alpha value is -3.31. The third-order valence-electron chi connectivity index (χ3n) is 4.70. The molecule has 1 atom stereocenters. The van der Waals surface area contributed by atoms with Crippen molar-refractivity contribution in [2.45, 2.75) is 12.6 Å². The van der Waals surface area contributed by atoms with Crippen molar-refractivity contribution in [2.75, 3.05) is 18.5 Å². The fraction of sp³-hybridized carbons (Fsp3) is 0.238. The monoisotopic (exact) mass is 517 g/mol. The van der Waals surface area contributed by atoms with E-state index in [9.17, 15) is 32.3 Å². The third kappa shape index (κ3) is 6.39. The lowest BCUT2D eigenvalue weighted by Gasteiger charge is -2.17. The van der Waals surface area contributed by atoms with Gasteiger partial charge in [0.15, 0.2) is 6.61 Å². The summed E-state index contributed by atoms with van der Waals surface area (Å²) in [6.45, 7) is -0.963. The van der Waals surface area contributed by atoms with Gasteiger partial charge in [0.1, 0.15) is 0 Å². The highest BCUT2D eigenvalue weighted by Gasteiger charge is 2.37. The van der Waals surface area contributed by atoms with Crippen molar-refractivity contribution in [1.82, 2.24) is 10.4 Å². The van der Waals surface area contributed by atoms with Gasteiger partial charge in [-0.15, -0.1) is 0 Å². The first kappa shape index (κ1) is 25.3. The summed E-state index contributed by atoms with van der Waals surface area (Å²) in [4.78, 5) is 48.7. The van der Waals surface area contributed by atoms with Crippen LogP contribution in [-0.4, -0.2) is 41.9 Å². The number of hydrazine groups is 1. The van der Waals surface area contributed by atoms with Gasteiger partial charge < -0.3 is 10.1 Å². The number of benzene rings is 2. The molecule has 2 aromatic carbocycles. The molecule has 8 nitrogen and oxygen atoms in total. The lowest BCUT2D eigenvalue weighted by Crippen LogP contribution is -2.43. The van der Waals surface area contributed by atoms with E-state index in [0.717, 1.165) is 23.2 Å². The first-order chi connectivity index (χ1) is 15.9. The Morgan fingerprint density at radius 2 is 1.82 bits per heavy atom. The van der Waals surface area contributed by atoms with E-state index in [1.165, 1.54) is 24.3 Å². The molecular weight excluding hydrogens is 502 g/mol. The van der Waals surface area contributed by atoms with Crippen molar-refractivity contribution in [3.8, 4) is 0 Å². The van der Waals surface area contributed by atoms with Crippen LogP contribution in [0, 0.1) is 5.92 Å². The molecule has 0 aliphatic carbocycles. The number of carbonyl (C=O) groups is 4. The number of alkyl halides is 3. The number of hydrogen-bond acceptors (Lipinski definition) is 5. The molecule has 2 aromatic rings. The Morgan fingerprint density at radius 1 is 1.09 bits per heavy atom. The highest BCUT2D eigenvalue weighted by molar-refractivity contribution is 6.42. The number of halogens is 5. The van der Waals surface area contributed by atoms with Gasteiger partial charge in [-0.05, 0) is 36.4 Å². The molecule has 3 rings (SSSR count). The van der Waals surface area contributed by atoms with Crippen LogP contribution in [0.2, 0.25) is 10.0 Å². The molecular formula is C21H16Cl2F3N3O5. The molecule has 180 valence electrons. The number of ether oxygens (including phenoxy) is 1. The van der Waals surface area contributed by atoms with E-state index in [0.29, 0.717) is 0 Å². The van der Waals surface area contributed by atoms with Gasteiger partial charge in [0, 0.05) is 17.7 Å². The van der Waals surface area contributed by atoms with Crippen molar-refractivity contribution in [3.05, 3.63) is 63.6 Å². The summed E-state index contributed by atoms with van der Waals surface area (Å²) in [7, 11) is 0. The summed E-state index contributed by atoms with van der Waals surface area (Å²) in [5.74, 6) is -3.89. The summed E-state index contributed by atoms with van der Waals surface area (Å²) in [6, 6.07) is 8.08. The van der Waals surface area contributed by atoms with E-state index in [-0.39, 0.29) is 34.3 Å². The molecule has 1 aliphatic heterocycles. The minimum Gasteiger partial charge on any atom is -0.455 e. The van der Waals surface area contributed by atoms with Crippen LogP contribution in [0.1, 0.15) is 22.3 Å². The molecule has 1 saturated heterocycles. The molecule has 0 spiro atoms. The SMILES string of the molecule is O=C(COC(=O)[C@@H]1CC(=O)N(NC(=O)c2ccc(Cl)c(Cl)c2)C1)Nc1cccc(C(F)(F)F)c1. The Balaban J connectivity index is 1.50. The maximum Gasteiger partial charge on any atom is 0.416 e. The number of amides is 3. The maximum atomic E-state index is 12.8. The summed E-state index contributed by atoms with van der Waals surface area (Å²) in [5.41, 5.74) is 1.42. The number of rotatable bonds is 6. The second-order valence-corrected chi connectivity index (χ2v) is 8.02. The topological polar surface area (TPSA) is 105 Å². The van der Waals surface area contributed by atoms with E-state index in [1.54, 1.807) is 0 Å². The van der Waals surface area contributed by atoms with Crippen LogP contribution in [0.5, 0.6) is 0 Å². The molecule has 0 unspecified atom stereocenters. The van der Waals surface area contributed by atoms with Crippen molar-refractivity contribution in [2.24, 2.45) is 5.92 Å². The molecule has 13 heteroatoms. The van der Waals surface area contributed by atoms with Gasteiger partial charge in [-0.2, -0.15) is 13.2 Å². The van der Waals surface area contributed by atoms with Crippen molar-refractivity contribution in [3.63, 3.8) is 0 Å². The van der Waals surface area contributed by atoms with Crippen LogP contribution in [-0.2, 0) is 25.3 Å². The van der Waals surface area contributed by atoms with Gasteiger partial charge in [0.25, 0.3) is 11.8 Å². The van der Waals surface area contributed by atoms with Crippen LogP contribution in [0.15, 0.2) is 42.5 Å². The normalized spacial score (nSPS) is 15.7. The fourth-order valence-corrected chi connectivity index (χ4v) is 3.32. The summed E-state index contributed by atoms with van der Waals surface area (Å²) in [5, 5.41) is 3.53. The predicted molar refractivity (Wildman–Crippen MR) is 115 cm³/mol. The summed E-state index contributed by atoms with van der Waals surface area (Å²) >= 11 is 11.7. The molecule has 1 fully saturated rings. The fourth-order valence-electron chi connectivity index (χ4n) is 3.02. The van der Waals surface area contributed by atoms with Gasteiger partial charge >= 0.3 is 12.1 Å². The molecule has 0 radical (unpaired) electrons. The summed E-state index contributed by atoms with van der Waals surface area (Å²) < 4.78 is 43.1. The Bertz CT molecular complexity index is 1140. The average molecular weight is 518 g/mol. The van der Waals surface area contributed by atoms with E-state index in [4.69, 9.17) is 27.9 Å². The number of anilines is 1. The van der Waals surface area contributed by atoms with Crippen LogP contribution in [0.3, 0.4) is 0 Å². The highest BCUT2D eigenvalue weighted by atomic mass is 35.5. The Kier molecular flexibility index (Phi) is 7.68. The predicted octanol–water partition coefficient (Wildman–Crippen LogP) is 3.69. The van der Waals surface area contributed by atoms with Gasteiger partial charge in [-0.1, -0.05) is 29.3 Å². The van der Waals surface area contributed by atoms with Crippen LogP contribution < -0.4 is 10.7 Å². The smallest absolute Gasteiger partial charge is 0.416 e. The lowest BCUT2D eigenvalue weighted by molar-refractivity contribution is -0.151. The standard InChI is InChI=1S/C21H16Cl2F3N3O5/c22-15-5-4-11(6-16(15)23)19(32)28-29-9-12(7-18(29)31)20(33)34-10-17(30)27-14-3-1-2-13(8-14)21(24,25)26/h1-6,8,12H,7,9-10H2,(H,27,30)(H,28,32)/t12-/m1/s1. The minimum atomic E-state index is -4.58. The van der Waals surface area contributed by atoms with Gasteiger partial charge in [-0.3, -0.25) is 29.6 Å².